The van der Waals surface area contributed by atoms with Crippen molar-refractivity contribution in [3.63, 3.8) is 0 Å². The Bertz CT molecular complexity index is 1200. The van der Waals surface area contributed by atoms with Crippen molar-refractivity contribution in [2.24, 2.45) is 0 Å². The fourth-order valence-electron chi connectivity index (χ4n) is 3.50. The number of nitrogens with zero attached hydrogens (tertiary/aromatic N) is 1. The third-order valence-electron chi connectivity index (χ3n) is 4.87. The summed E-state index contributed by atoms with van der Waals surface area (Å²) in [5, 5.41) is 11.9. The summed E-state index contributed by atoms with van der Waals surface area (Å²) in [4.78, 5) is 27.2. The van der Waals surface area contributed by atoms with Gasteiger partial charge in [-0.2, -0.15) is 0 Å². The van der Waals surface area contributed by atoms with Gasteiger partial charge in [-0.15, -0.1) is 0 Å². The zero-order valence-electron chi connectivity index (χ0n) is 15.7. The molecule has 3 aromatic rings. The summed E-state index contributed by atoms with van der Waals surface area (Å²) in [6.07, 6.45) is 0. The van der Waals surface area contributed by atoms with Gasteiger partial charge in [0.2, 0.25) is 0 Å². The molecule has 0 saturated carbocycles. The van der Waals surface area contributed by atoms with Crippen LogP contribution in [0.25, 0.3) is 5.76 Å². The summed E-state index contributed by atoms with van der Waals surface area (Å²) in [5.74, 6) is -2.62. The van der Waals surface area contributed by atoms with Crippen molar-refractivity contribution in [1.29, 1.82) is 0 Å². The number of ketones is 1. The van der Waals surface area contributed by atoms with Gasteiger partial charge in [0, 0.05) is 26.3 Å². The molecule has 8 heteroatoms. The van der Waals surface area contributed by atoms with Crippen molar-refractivity contribution in [3.05, 3.63) is 104 Å². The van der Waals surface area contributed by atoms with Gasteiger partial charge >= 0.3 is 0 Å². The monoisotopic (exact) mass is 475 g/mol. The largest absolute Gasteiger partial charge is 0.507 e. The number of aliphatic hydroxyl groups excluding tert-OH is 1. The molecule has 0 aromatic heterocycles. The van der Waals surface area contributed by atoms with Crippen molar-refractivity contribution in [2.75, 3.05) is 4.90 Å². The van der Waals surface area contributed by atoms with E-state index in [0.717, 1.165) is 0 Å². The van der Waals surface area contributed by atoms with Crippen LogP contribution in [0.15, 0.2) is 72.3 Å². The number of carbonyl (C=O) groups is 2. The van der Waals surface area contributed by atoms with E-state index in [2.05, 4.69) is 0 Å². The molecular weight excluding hydrogens is 464 g/mol. The number of Topliss-reactive ketones (excluding diaryl/α,β-unsaturated/α-hetero) is 1. The normalized spacial score (nSPS) is 17.9. The van der Waals surface area contributed by atoms with Gasteiger partial charge in [0.25, 0.3) is 11.7 Å². The Morgan fingerprint density at radius 3 is 2.00 bits per heavy atom. The summed E-state index contributed by atoms with van der Waals surface area (Å²) >= 11 is 18.1. The maximum atomic E-state index is 13.6. The van der Waals surface area contributed by atoms with Gasteiger partial charge in [-0.05, 0) is 60.2 Å². The van der Waals surface area contributed by atoms with E-state index < -0.39 is 23.5 Å². The van der Waals surface area contributed by atoms with E-state index in [4.69, 9.17) is 34.8 Å². The molecule has 1 aliphatic rings. The molecule has 1 saturated heterocycles. The lowest BCUT2D eigenvalue weighted by molar-refractivity contribution is -0.132. The van der Waals surface area contributed by atoms with Gasteiger partial charge in [0.1, 0.15) is 11.6 Å². The number of anilines is 1. The van der Waals surface area contributed by atoms with Crippen molar-refractivity contribution < 1.29 is 19.1 Å². The van der Waals surface area contributed by atoms with Gasteiger partial charge < -0.3 is 5.11 Å². The number of amides is 1. The number of hydrogen-bond donors (Lipinski definition) is 1. The van der Waals surface area contributed by atoms with Crippen molar-refractivity contribution in [1.82, 2.24) is 0 Å². The van der Waals surface area contributed by atoms with E-state index in [-0.39, 0.29) is 27.1 Å². The highest BCUT2D eigenvalue weighted by Gasteiger charge is 2.47. The number of carbonyl (C=O) groups excluding carboxylic acids is 2. The second kappa shape index (κ2) is 8.35. The van der Waals surface area contributed by atoms with Crippen molar-refractivity contribution >= 4 is 57.9 Å². The Morgan fingerprint density at radius 1 is 0.839 bits per heavy atom. The first-order valence-electron chi connectivity index (χ1n) is 9.05. The van der Waals surface area contributed by atoms with Crippen LogP contribution in [0.5, 0.6) is 0 Å². The van der Waals surface area contributed by atoms with E-state index in [1.165, 1.54) is 59.5 Å². The molecule has 0 bridgehead atoms. The SMILES string of the molecule is O=C1C(=O)N(c2cc(Cl)cc(Cl)c2)C(c2ccc(F)cc2)/C1=C(\O)c1ccc(Cl)cc1. The van der Waals surface area contributed by atoms with Crippen LogP contribution in [0.4, 0.5) is 10.1 Å². The first-order valence-corrected chi connectivity index (χ1v) is 10.2. The van der Waals surface area contributed by atoms with Crippen LogP contribution in [0.3, 0.4) is 0 Å². The molecule has 31 heavy (non-hydrogen) atoms. The lowest BCUT2D eigenvalue weighted by Crippen LogP contribution is -2.29. The second-order valence-corrected chi connectivity index (χ2v) is 8.16. The van der Waals surface area contributed by atoms with Crippen LogP contribution in [0.2, 0.25) is 15.1 Å². The number of rotatable bonds is 3. The lowest BCUT2D eigenvalue weighted by Gasteiger charge is -2.25. The molecule has 156 valence electrons. The minimum atomic E-state index is -1.02. The van der Waals surface area contributed by atoms with Crippen LogP contribution in [0, 0.1) is 5.82 Å². The van der Waals surface area contributed by atoms with Crippen LogP contribution in [0.1, 0.15) is 17.2 Å². The summed E-state index contributed by atoms with van der Waals surface area (Å²) in [7, 11) is 0. The first kappa shape index (κ1) is 21.4. The topological polar surface area (TPSA) is 57.6 Å². The third-order valence-corrected chi connectivity index (χ3v) is 5.56. The van der Waals surface area contributed by atoms with E-state index >= 15 is 0 Å². The fraction of sp³-hybridized carbons (Fsp3) is 0.0435. The van der Waals surface area contributed by atoms with Gasteiger partial charge in [-0.1, -0.05) is 46.9 Å². The Kier molecular flexibility index (Phi) is 5.75. The summed E-state index contributed by atoms with van der Waals surface area (Å²) in [5.41, 5.74) is 0.852. The molecule has 0 radical (unpaired) electrons. The molecule has 4 nitrogen and oxygen atoms in total. The zero-order valence-corrected chi connectivity index (χ0v) is 17.9. The highest BCUT2D eigenvalue weighted by Crippen LogP contribution is 2.43. The molecule has 1 N–H and O–H groups in total. The Hall–Kier alpha value is -2.86. The Morgan fingerprint density at radius 2 is 1.42 bits per heavy atom. The quantitative estimate of drug-likeness (QED) is 0.270. The van der Waals surface area contributed by atoms with Gasteiger partial charge in [-0.3, -0.25) is 14.5 Å². The number of halogens is 4. The van der Waals surface area contributed by atoms with Crippen LogP contribution < -0.4 is 4.90 Å². The number of aliphatic hydroxyl groups is 1. The van der Waals surface area contributed by atoms with E-state index in [0.29, 0.717) is 16.1 Å². The number of hydrogen-bond acceptors (Lipinski definition) is 3. The zero-order chi connectivity index (χ0) is 22.3. The van der Waals surface area contributed by atoms with E-state index in [1.54, 1.807) is 12.1 Å². The summed E-state index contributed by atoms with van der Waals surface area (Å²) in [6.45, 7) is 0. The van der Waals surface area contributed by atoms with Crippen molar-refractivity contribution in [2.45, 2.75) is 6.04 Å². The molecule has 1 amide bonds. The van der Waals surface area contributed by atoms with Crippen LogP contribution >= 0.6 is 34.8 Å². The molecule has 0 spiro atoms. The Labute approximate surface area is 192 Å². The smallest absolute Gasteiger partial charge is 0.300 e. The maximum Gasteiger partial charge on any atom is 0.300 e. The predicted octanol–water partition coefficient (Wildman–Crippen LogP) is 6.41. The van der Waals surface area contributed by atoms with E-state index in [1.807, 2.05) is 0 Å². The molecule has 0 aliphatic carbocycles. The average molecular weight is 477 g/mol. The lowest BCUT2D eigenvalue weighted by atomic mass is 9.95. The summed E-state index contributed by atoms with van der Waals surface area (Å²) in [6, 6.07) is 14.9. The molecule has 1 fully saturated rings. The van der Waals surface area contributed by atoms with Crippen LogP contribution in [-0.2, 0) is 9.59 Å². The van der Waals surface area contributed by atoms with Crippen molar-refractivity contribution in [3.8, 4) is 0 Å². The molecule has 3 aromatic carbocycles. The number of benzene rings is 3. The molecule has 1 atom stereocenters. The first-order chi connectivity index (χ1) is 14.8. The fourth-order valence-corrected chi connectivity index (χ4v) is 4.14. The molecule has 1 heterocycles. The molecule has 4 rings (SSSR count). The van der Waals surface area contributed by atoms with E-state index in [9.17, 15) is 19.1 Å². The van der Waals surface area contributed by atoms with Crippen LogP contribution in [-0.4, -0.2) is 16.8 Å². The van der Waals surface area contributed by atoms with Gasteiger partial charge in [0.15, 0.2) is 0 Å². The third kappa shape index (κ3) is 4.04. The average Bonchev–Trinajstić information content (AvgIpc) is 2.99. The second-order valence-electron chi connectivity index (χ2n) is 6.86. The standard InChI is InChI=1S/C23H13Cl3FNO3/c24-14-5-1-13(2-6-14)21(29)19-20(12-3-7-17(27)8-4-12)28(23(31)22(19)30)18-10-15(25)9-16(26)11-18/h1-11,20,29H/b21-19+. The minimum absolute atomic E-state index is 0.143. The minimum Gasteiger partial charge on any atom is -0.507 e. The Balaban J connectivity index is 1.96. The van der Waals surface area contributed by atoms with Gasteiger partial charge in [-0.25, -0.2) is 4.39 Å². The predicted molar refractivity (Wildman–Crippen MR) is 119 cm³/mol. The van der Waals surface area contributed by atoms with Gasteiger partial charge in [0.05, 0.1) is 11.6 Å². The maximum absolute atomic E-state index is 13.6. The molecule has 1 unspecified atom stereocenters. The summed E-state index contributed by atoms with van der Waals surface area (Å²) < 4.78 is 13.6. The molecule has 1 aliphatic heterocycles. The highest BCUT2D eigenvalue weighted by molar-refractivity contribution is 6.52. The highest BCUT2D eigenvalue weighted by atomic mass is 35.5. The molecular formula is C23H13Cl3FNO3.